The van der Waals surface area contributed by atoms with E-state index < -0.39 is 4.92 Å². The van der Waals surface area contributed by atoms with Crippen LogP contribution >= 0.6 is 0 Å². The number of anilines is 1. The number of aromatic nitrogens is 2. The third-order valence-electron chi connectivity index (χ3n) is 5.51. The smallest absolute Gasteiger partial charge is 0.324 e. The molecular formula is C17H20N4O4. The number of nitro groups is 1. The largest absolute Gasteiger partial charge is 0.377 e. The fourth-order valence-electron chi connectivity index (χ4n) is 4.41. The van der Waals surface area contributed by atoms with E-state index in [9.17, 15) is 10.1 Å². The molecule has 132 valence electrons. The number of nitro benzene ring substituents is 1. The first-order valence-electron chi connectivity index (χ1n) is 8.32. The molecule has 0 radical (unpaired) electrons. The summed E-state index contributed by atoms with van der Waals surface area (Å²) in [7, 11) is 1.97. The molecule has 2 aromatic rings. The number of hydrogen-bond acceptors (Lipinski definition) is 7. The van der Waals surface area contributed by atoms with Crippen LogP contribution in [-0.4, -0.2) is 40.9 Å². The summed E-state index contributed by atoms with van der Waals surface area (Å²) < 4.78 is 11.3. The van der Waals surface area contributed by atoms with Gasteiger partial charge in [0.15, 0.2) is 0 Å². The molecule has 8 nitrogen and oxygen atoms in total. The summed E-state index contributed by atoms with van der Waals surface area (Å²) in [6.45, 7) is 5.21. The van der Waals surface area contributed by atoms with Crippen LogP contribution in [-0.2, 0) is 4.74 Å². The Morgan fingerprint density at radius 1 is 1.32 bits per heavy atom. The molecule has 2 aliphatic rings. The lowest BCUT2D eigenvalue weighted by Crippen LogP contribution is -2.66. The van der Waals surface area contributed by atoms with Crippen molar-refractivity contribution in [3.05, 3.63) is 34.4 Å². The van der Waals surface area contributed by atoms with Gasteiger partial charge in [0, 0.05) is 48.7 Å². The van der Waals surface area contributed by atoms with Crippen molar-refractivity contribution in [2.75, 3.05) is 18.6 Å². The first-order chi connectivity index (χ1) is 11.9. The third-order valence-corrected chi connectivity index (χ3v) is 5.51. The van der Waals surface area contributed by atoms with E-state index in [1.807, 2.05) is 11.9 Å². The van der Waals surface area contributed by atoms with Crippen LogP contribution in [0, 0.1) is 21.4 Å². The van der Waals surface area contributed by atoms with Gasteiger partial charge in [0.1, 0.15) is 0 Å². The summed E-state index contributed by atoms with van der Waals surface area (Å²) in [5, 5.41) is 14.8. The number of ether oxygens (including phenoxy) is 1. The highest BCUT2D eigenvalue weighted by molar-refractivity contribution is 5.58. The minimum atomic E-state index is -0.433. The molecule has 2 heterocycles. The molecule has 8 heteroatoms. The van der Waals surface area contributed by atoms with Crippen LogP contribution in [0.25, 0.3) is 11.4 Å². The molecule has 1 aromatic heterocycles. The Bertz CT molecular complexity index is 801. The number of benzene rings is 1. The van der Waals surface area contributed by atoms with E-state index in [4.69, 9.17) is 9.26 Å². The van der Waals surface area contributed by atoms with Crippen LogP contribution in [0.4, 0.5) is 11.7 Å². The van der Waals surface area contributed by atoms with Crippen molar-refractivity contribution in [3.8, 4) is 11.4 Å². The minimum absolute atomic E-state index is 0.0257. The van der Waals surface area contributed by atoms with E-state index in [1.165, 1.54) is 12.1 Å². The zero-order valence-electron chi connectivity index (χ0n) is 14.4. The fourth-order valence-corrected chi connectivity index (χ4v) is 4.41. The average Bonchev–Trinajstić information content (AvgIpc) is 3.23. The Balaban J connectivity index is 1.56. The van der Waals surface area contributed by atoms with Crippen LogP contribution < -0.4 is 4.90 Å². The zero-order valence-corrected chi connectivity index (χ0v) is 14.4. The number of hydrogen-bond donors (Lipinski definition) is 0. The lowest BCUT2D eigenvalue weighted by molar-refractivity contribution is -0.384. The molecule has 1 aliphatic carbocycles. The first-order valence-corrected chi connectivity index (χ1v) is 8.32. The molecule has 0 N–H and O–H groups in total. The monoisotopic (exact) mass is 344 g/mol. The van der Waals surface area contributed by atoms with Gasteiger partial charge in [-0.25, -0.2) is 0 Å². The predicted octanol–water partition coefficient (Wildman–Crippen LogP) is 2.89. The molecule has 25 heavy (non-hydrogen) atoms. The Kier molecular flexibility index (Phi) is 3.54. The molecule has 1 aliphatic heterocycles. The van der Waals surface area contributed by atoms with Gasteiger partial charge in [-0.2, -0.15) is 4.98 Å². The van der Waals surface area contributed by atoms with E-state index in [-0.39, 0.29) is 23.2 Å². The van der Waals surface area contributed by atoms with E-state index in [0.29, 0.717) is 23.3 Å². The van der Waals surface area contributed by atoms with Crippen molar-refractivity contribution in [1.82, 2.24) is 10.1 Å². The van der Waals surface area contributed by atoms with Crippen molar-refractivity contribution >= 4 is 11.7 Å². The minimum Gasteiger partial charge on any atom is -0.377 e. The van der Waals surface area contributed by atoms with Crippen molar-refractivity contribution in [2.45, 2.75) is 32.4 Å². The van der Waals surface area contributed by atoms with E-state index in [2.05, 4.69) is 24.0 Å². The SMILES string of the molecule is CN(c1nc(-c2ccc([N+](=O)[O-])cc2)no1)[C@@H]1[C@@H]2CCO[C@@H]2C1(C)C. The summed E-state index contributed by atoms with van der Waals surface area (Å²) in [5.74, 6) is 0.905. The molecule has 0 spiro atoms. The molecule has 2 fully saturated rings. The van der Waals surface area contributed by atoms with Gasteiger partial charge in [-0.15, -0.1) is 0 Å². The highest BCUT2D eigenvalue weighted by Crippen LogP contribution is 2.54. The second kappa shape index (κ2) is 5.52. The Hall–Kier alpha value is -2.48. The molecule has 0 bridgehead atoms. The van der Waals surface area contributed by atoms with Crippen molar-refractivity contribution in [1.29, 1.82) is 0 Å². The number of rotatable bonds is 4. The quantitative estimate of drug-likeness (QED) is 0.621. The maximum absolute atomic E-state index is 10.7. The Labute approximate surface area is 144 Å². The lowest BCUT2D eigenvalue weighted by atomic mass is 9.57. The van der Waals surface area contributed by atoms with Crippen LogP contribution in [0.1, 0.15) is 20.3 Å². The molecular weight excluding hydrogens is 324 g/mol. The summed E-state index contributed by atoms with van der Waals surface area (Å²) in [6.07, 6.45) is 1.34. The number of nitrogens with zero attached hydrogens (tertiary/aromatic N) is 4. The van der Waals surface area contributed by atoms with Gasteiger partial charge >= 0.3 is 6.01 Å². The third kappa shape index (κ3) is 2.39. The summed E-state index contributed by atoms with van der Waals surface area (Å²) in [6, 6.07) is 6.86. The summed E-state index contributed by atoms with van der Waals surface area (Å²) >= 11 is 0. The van der Waals surface area contributed by atoms with Crippen LogP contribution in [0.3, 0.4) is 0 Å². The second-order valence-corrected chi connectivity index (χ2v) is 7.33. The fraction of sp³-hybridized carbons (Fsp3) is 0.529. The van der Waals surface area contributed by atoms with Crippen molar-refractivity contribution in [2.24, 2.45) is 11.3 Å². The molecule has 0 amide bonds. The molecule has 0 unspecified atom stereocenters. The molecule has 1 saturated heterocycles. The van der Waals surface area contributed by atoms with Gasteiger partial charge in [0.05, 0.1) is 11.0 Å². The predicted molar refractivity (Wildman–Crippen MR) is 90.2 cm³/mol. The van der Waals surface area contributed by atoms with Gasteiger partial charge in [-0.05, 0) is 18.6 Å². The van der Waals surface area contributed by atoms with Gasteiger partial charge in [0.25, 0.3) is 5.69 Å². The number of fused-ring (bicyclic) bond motifs is 1. The lowest BCUT2D eigenvalue weighted by Gasteiger charge is -2.57. The maximum Gasteiger partial charge on any atom is 0.324 e. The van der Waals surface area contributed by atoms with Crippen molar-refractivity contribution in [3.63, 3.8) is 0 Å². The number of non-ortho nitro benzene ring substituents is 1. The van der Waals surface area contributed by atoms with E-state index in [0.717, 1.165) is 13.0 Å². The average molecular weight is 344 g/mol. The van der Waals surface area contributed by atoms with Crippen LogP contribution in [0.15, 0.2) is 28.8 Å². The zero-order chi connectivity index (χ0) is 17.8. The highest BCUT2D eigenvalue weighted by Gasteiger charge is 2.61. The summed E-state index contributed by atoms with van der Waals surface area (Å²) in [4.78, 5) is 16.8. The maximum atomic E-state index is 10.7. The molecule has 1 saturated carbocycles. The standard InChI is InChI=1S/C17H20N4O4/c1-17(2)13(12-8-9-24-14(12)17)20(3)16-18-15(19-25-16)10-4-6-11(7-5-10)21(22)23/h4-7,12-14H,8-9H2,1-3H3/t12-,13+,14-/m0/s1. The molecule has 1 aromatic carbocycles. The second-order valence-electron chi connectivity index (χ2n) is 7.33. The first kappa shape index (κ1) is 16.0. The van der Waals surface area contributed by atoms with Crippen molar-refractivity contribution < 1.29 is 14.2 Å². The Morgan fingerprint density at radius 3 is 2.72 bits per heavy atom. The normalized spacial score (nSPS) is 26.8. The van der Waals surface area contributed by atoms with Gasteiger partial charge < -0.3 is 14.2 Å². The van der Waals surface area contributed by atoms with Gasteiger partial charge in [-0.3, -0.25) is 10.1 Å². The van der Waals surface area contributed by atoms with Crippen LogP contribution in [0.2, 0.25) is 0 Å². The van der Waals surface area contributed by atoms with Gasteiger partial charge in [-0.1, -0.05) is 19.0 Å². The van der Waals surface area contributed by atoms with Crippen LogP contribution in [0.5, 0.6) is 0 Å². The Morgan fingerprint density at radius 2 is 2.04 bits per heavy atom. The molecule has 3 atom stereocenters. The summed E-state index contributed by atoms with van der Waals surface area (Å²) in [5.41, 5.74) is 0.745. The topological polar surface area (TPSA) is 94.5 Å². The van der Waals surface area contributed by atoms with Gasteiger partial charge in [0.2, 0.25) is 5.82 Å². The van der Waals surface area contributed by atoms with E-state index in [1.54, 1.807) is 12.1 Å². The highest BCUT2D eigenvalue weighted by atomic mass is 16.6. The van der Waals surface area contributed by atoms with E-state index >= 15 is 0 Å². The molecule has 4 rings (SSSR count).